The molecule has 4 aromatic rings. The van der Waals surface area contributed by atoms with Crippen LogP contribution in [-0.2, 0) is 6.54 Å². The Morgan fingerprint density at radius 2 is 1.78 bits per heavy atom. The lowest BCUT2D eigenvalue weighted by Gasteiger charge is -2.08. The van der Waals surface area contributed by atoms with Crippen molar-refractivity contribution in [2.24, 2.45) is 0 Å². The van der Waals surface area contributed by atoms with E-state index >= 15 is 0 Å². The van der Waals surface area contributed by atoms with Crippen molar-refractivity contribution in [1.82, 2.24) is 9.55 Å². The van der Waals surface area contributed by atoms with Gasteiger partial charge in [0.1, 0.15) is 11.6 Å². The standard InChI is InChI=1S/C19H15FN2O/c1-13-6-11-18(23-13)19-21-16-4-2-3-5-17(16)22(19)12-14-7-9-15(20)10-8-14/h2-11H,12H2,1H3. The second-order valence-corrected chi connectivity index (χ2v) is 5.55. The maximum atomic E-state index is 13.1. The van der Waals surface area contributed by atoms with Crippen LogP contribution in [0.3, 0.4) is 0 Å². The van der Waals surface area contributed by atoms with Crippen molar-refractivity contribution in [1.29, 1.82) is 0 Å². The van der Waals surface area contributed by atoms with Crippen molar-refractivity contribution in [2.45, 2.75) is 13.5 Å². The third kappa shape index (κ3) is 2.52. The third-order valence-electron chi connectivity index (χ3n) is 3.87. The van der Waals surface area contributed by atoms with Crippen LogP contribution in [0.2, 0.25) is 0 Å². The summed E-state index contributed by atoms with van der Waals surface area (Å²) in [5.41, 5.74) is 2.96. The minimum Gasteiger partial charge on any atom is -0.458 e. The number of nitrogens with zero attached hydrogens (tertiary/aromatic N) is 2. The Morgan fingerprint density at radius 1 is 1.00 bits per heavy atom. The number of hydrogen-bond donors (Lipinski definition) is 0. The third-order valence-corrected chi connectivity index (χ3v) is 3.87. The molecule has 0 bridgehead atoms. The van der Waals surface area contributed by atoms with Gasteiger partial charge < -0.3 is 8.98 Å². The van der Waals surface area contributed by atoms with E-state index in [1.54, 1.807) is 12.1 Å². The van der Waals surface area contributed by atoms with E-state index in [0.717, 1.165) is 33.9 Å². The first kappa shape index (κ1) is 13.8. The molecule has 0 N–H and O–H groups in total. The fourth-order valence-corrected chi connectivity index (χ4v) is 2.75. The Bertz CT molecular complexity index is 967. The van der Waals surface area contributed by atoms with Crippen LogP contribution in [-0.4, -0.2) is 9.55 Å². The van der Waals surface area contributed by atoms with E-state index in [1.807, 2.05) is 43.3 Å². The summed E-state index contributed by atoms with van der Waals surface area (Å²) in [5, 5.41) is 0. The zero-order valence-corrected chi connectivity index (χ0v) is 12.7. The molecule has 0 aliphatic rings. The summed E-state index contributed by atoms with van der Waals surface area (Å²) in [6.07, 6.45) is 0. The molecule has 0 amide bonds. The summed E-state index contributed by atoms with van der Waals surface area (Å²) >= 11 is 0. The molecule has 114 valence electrons. The maximum Gasteiger partial charge on any atom is 0.177 e. The zero-order valence-electron chi connectivity index (χ0n) is 12.7. The van der Waals surface area contributed by atoms with Crippen molar-refractivity contribution in [3.63, 3.8) is 0 Å². The summed E-state index contributed by atoms with van der Waals surface area (Å²) in [7, 11) is 0. The van der Waals surface area contributed by atoms with Gasteiger partial charge in [0.15, 0.2) is 11.6 Å². The number of halogens is 1. The number of hydrogen-bond acceptors (Lipinski definition) is 2. The van der Waals surface area contributed by atoms with Gasteiger partial charge in [-0.15, -0.1) is 0 Å². The summed E-state index contributed by atoms with van der Waals surface area (Å²) in [6, 6.07) is 18.4. The van der Waals surface area contributed by atoms with Gasteiger partial charge in [-0.3, -0.25) is 0 Å². The zero-order chi connectivity index (χ0) is 15.8. The lowest BCUT2D eigenvalue weighted by atomic mass is 10.2. The smallest absolute Gasteiger partial charge is 0.177 e. The molecule has 23 heavy (non-hydrogen) atoms. The normalized spacial score (nSPS) is 11.2. The number of para-hydroxylation sites is 2. The van der Waals surface area contributed by atoms with Gasteiger partial charge in [0.05, 0.1) is 11.0 Å². The SMILES string of the molecule is Cc1ccc(-c2nc3ccccc3n2Cc2ccc(F)cc2)o1. The molecular weight excluding hydrogens is 291 g/mol. The number of aryl methyl sites for hydroxylation is 1. The second-order valence-electron chi connectivity index (χ2n) is 5.55. The Labute approximate surface area is 133 Å². The second kappa shape index (κ2) is 5.39. The van der Waals surface area contributed by atoms with E-state index < -0.39 is 0 Å². The molecule has 4 rings (SSSR count). The number of rotatable bonds is 3. The topological polar surface area (TPSA) is 31.0 Å². The monoisotopic (exact) mass is 306 g/mol. The van der Waals surface area contributed by atoms with Crippen molar-refractivity contribution in [3.8, 4) is 11.6 Å². The van der Waals surface area contributed by atoms with Crippen LogP contribution in [0.5, 0.6) is 0 Å². The van der Waals surface area contributed by atoms with Crippen LogP contribution in [0.1, 0.15) is 11.3 Å². The lowest BCUT2D eigenvalue weighted by Crippen LogP contribution is -2.02. The molecule has 2 aromatic carbocycles. The first-order chi connectivity index (χ1) is 11.2. The van der Waals surface area contributed by atoms with Gasteiger partial charge in [0.2, 0.25) is 0 Å². The van der Waals surface area contributed by atoms with Crippen LogP contribution in [0, 0.1) is 12.7 Å². The van der Waals surface area contributed by atoms with Crippen molar-refractivity contribution >= 4 is 11.0 Å². The largest absolute Gasteiger partial charge is 0.458 e. The predicted octanol–water partition coefficient (Wildman–Crippen LogP) is 4.79. The molecule has 0 saturated heterocycles. The van der Waals surface area contributed by atoms with Crippen LogP contribution >= 0.6 is 0 Å². The molecule has 0 aliphatic carbocycles. The highest BCUT2D eigenvalue weighted by atomic mass is 19.1. The molecule has 0 fully saturated rings. The molecule has 2 heterocycles. The molecule has 0 unspecified atom stereocenters. The molecule has 0 spiro atoms. The molecule has 0 saturated carbocycles. The van der Waals surface area contributed by atoms with Gasteiger partial charge in [-0.1, -0.05) is 24.3 Å². The summed E-state index contributed by atoms with van der Waals surface area (Å²) in [5.74, 6) is 2.14. The van der Waals surface area contributed by atoms with Crippen LogP contribution < -0.4 is 0 Å². The average Bonchev–Trinajstić information content (AvgIpc) is 3.14. The fraction of sp³-hybridized carbons (Fsp3) is 0.105. The van der Waals surface area contributed by atoms with Gasteiger partial charge in [-0.05, 0) is 48.9 Å². The van der Waals surface area contributed by atoms with E-state index in [-0.39, 0.29) is 5.82 Å². The minimum atomic E-state index is -0.230. The number of fused-ring (bicyclic) bond motifs is 1. The molecule has 0 radical (unpaired) electrons. The van der Waals surface area contributed by atoms with Gasteiger partial charge in [0, 0.05) is 6.54 Å². The molecular formula is C19H15FN2O. The number of imidazole rings is 1. The quantitative estimate of drug-likeness (QED) is 0.545. The highest BCUT2D eigenvalue weighted by Crippen LogP contribution is 2.27. The van der Waals surface area contributed by atoms with Crippen molar-refractivity contribution in [3.05, 3.63) is 77.8 Å². The van der Waals surface area contributed by atoms with E-state index in [9.17, 15) is 4.39 Å². The Balaban J connectivity index is 1.87. The lowest BCUT2D eigenvalue weighted by molar-refractivity contribution is 0.540. The summed E-state index contributed by atoms with van der Waals surface area (Å²) in [4.78, 5) is 4.71. The van der Waals surface area contributed by atoms with Gasteiger partial charge in [-0.2, -0.15) is 0 Å². The van der Waals surface area contributed by atoms with Gasteiger partial charge in [-0.25, -0.2) is 9.37 Å². The Hall–Kier alpha value is -2.88. The van der Waals surface area contributed by atoms with E-state index in [1.165, 1.54) is 12.1 Å². The van der Waals surface area contributed by atoms with Crippen LogP contribution in [0.15, 0.2) is 65.1 Å². The predicted molar refractivity (Wildman–Crippen MR) is 87.7 cm³/mol. The minimum absolute atomic E-state index is 0.230. The summed E-state index contributed by atoms with van der Waals surface area (Å²) < 4.78 is 21.0. The van der Waals surface area contributed by atoms with E-state index in [2.05, 4.69) is 4.57 Å². The molecule has 0 aliphatic heterocycles. The maximum absolute atomic E-state index is 13.1. The van der Waals surface area contributed by atoms with Gasteiger partial charge >= 0.3 is 0 Å². The first-order valence-corrected chi connectivity index (χ1v) is 7.47. The van der Waals surface area contributed by atoms with Crippen molar-refractivity contribution < 1.29 is 8.81 Å². The Morgan fingerprint density at radius 3 is 2.52 bits per heavy atom. The molecule has 2 aromatic heterocycles. The van der Waals surface area contributed by atoms with E-state index in [4.69, 9.17) is 9.40 Å². The number of aromatic nitrogens is 2. The van der Waals surface area contributed by atoms with Crippen LogP contribution in [0.25, 0.3) is 22.6 Å². The van der Waals surface area contributed by atoms with Crippen LogP contribution in [0.4, 0.5) is 4.39 Å². The first-order valence-electron chi connectivity index (χ1n) is 7.47. The van der Waals surface area contributed by atoms with E-state index in [0.29, 0.717) is 6.54 Å². The Kier molecular flexibility index (Phi) is 3.23. The number of benzene rings is 2. The highest BCUT2D eigenvalue weighted by Gasteiger charge is 2.15. The van der Waals surface area contributed by atoms with Gasteiger partial charge in [0.25, 0.3) is 0 Å². The molecule has 4 heteroatoms. The molecule has 0 atom stereocenters. The number of furan rings is 1. The summed E-state index contributed by atoms with van der Waals surface area (Å²) in [6.45, 7) is 2.52. The average molecular weight is 306 g/mol. The highest BCUT2D eigenvalue weighted by molar-refractivity contribution is 5.79. The molecule has 3 nitrogen and oxygen atoms in total. The van der Waals surface area contributed by atoms with Crippen molar-refractivity contribution in [2.75, 3.05) is 0 Å². The fourth-order valence-electron chi connectivity index (χ4n) is 2.75.